The number of anilines is 1. The molecule has 0 saturated carbocycles. The number of hydrogen-bond acceptors (Lipinski definition) is 6. The first-order valence-electron chi connectivity index (χ1n) is 7.65. The van der Waals surface area contributed by atoms with Crippen molar-refractivity contribution in [2.45, 2.75) is 26.0 Å². The van der Waals surface area contributed by atoms with Crippen molar-refractivity contribution in [2.75, 3.05) is 44.8 Å². The first kappa shape index (κ1) is 14.5. The maximum absolute atomic E-state index is 5.87. The second kappa shape index (κ2) is 6.15. The van der Waals surface area contributed by atoms with Crippen molar-refractivity contribution in [3.8, 4) is 5.88 Å². The van der Waals surface area contributed by atoms with Crippen molar-refractivity contribution >= 4 is 5.82 Å². The smallest absolute Gasteiger partial charge is 0.234 e. The zero-order valence-electron chi connectivity index (χ0n) is 13.0. The van der Waals surface area contributed by atoms with Crippen LogP contribution in [-0.4, -0.2) is 66.9 Å². The summed E-state index contributed by atoms with van der Waals surface area (Å²) >= 11 is 0. The van der Waals surface area contributed by atoms with Gasteiger partial charge in [0, 0.05) is 19.6 Å². The quantitative estimate of drug-likeness (QED) is 0.826. The number of fused-ring (bicyclic) bond motifs is 1. The van der Waals surface area contributed by atoms with E-state index in [0.29, 0.717) is 24.4 Å². The molecule has 2 unspecified atom stereocenters. The summed E-state index contributed by atoms with van der Waals surface area (Å²) in [6, 6.07) is 0.445. The van der Waals surface area contributed by atoms with Gasteiger partial charge in [0.05, 0.1) is 37.8 Å². The third-order valence-electron chi connectivity index (χ3n) is 4.07. The lowest BCUT2D eigenvalue weighted by Crippen LogP contribution is -2.48. The van der Waals surface area contributed by atoms with E-state index in [2.05, 4.69) is 40.7 Å². The minimum absolute atomic E-state index is 0.269. The molecule has 21 heavy (non-hydrogen) atoms. The molecule has 6 heteroatoms. The second-order valence-corrected chi connectivity index (χ2v) is 6.28. The first-order chi connectivity index (χ1) is 10.1. The summed E-state index contributed by atoms with van der Waals surface area (Å²) in [5.41, 5.74) is 0. The summed E-state index contributed by atoms with van der Waals surface area (Å²) in [5, 5.41) is 0. The number of morpholine rings is 1. The molecule has 0 radical (unpaired) electrons. The molecule has 3 heterocycles. The Morgan fingerprint density at radius 3 is 3.00 bits per heavy atom. The van der Waals surface area contributed by atoms with Crippen LogP contribution in [-0.2, 0) is 4.74 Å². The van der Waals surface area contributed by atoms with Gasteiger partial charge in [-0.3, -0.25) is 9.88 Å². The van der Waals surface area contributed by atoms with Gasteiger partial charge in [0.15, 0.2) is 5.82 Å². The Balaban J connectivity index is 1.68. The van der Waals surface area contributed by atoms with Crippen LogP contribution < -0.4 is 9.64 Å². The molecule has 2 atom stereocenters. The normalized spacial score (nSPS) is 26.2. The fraction of sp³-hybridized carbons (Fsp3) is 0.733. The Bertz CT molecular complexity index is 482. The van der Waals surface area contributed by atoms with Gasteiger partial charge >= 0.3 is 0 Å². The highest BCUT2D eigenvalue weighted by Gasteiger charge is 2.39. The molecule has 0 amide bonds. The molecule has 0 N–H and O–H groups in total. The summed E-state index contributed by atoms with van der Waals surface area (Å²) in [4.78, 5) is 13.5. The average Bonchev–Trinajstić information content (AvgIpc) is 2.91. The van der Waals surface area contributed by atoms with E-state index >= 15 is 0 Å². The lowest BCUT2D eigenvalue weighted by molar-refractivity contribution is -0.0362. The molecule has 0 bridgehead atoms. The molecular formula is C15H24N4O2. The third kappa shape index (κ3) is 3.27. The van der Waals surface area contributed by atoms with Crippen LogP contribution in [0.1, 0.15) is 13.8 Å². The number of rotatable bonds is 4. The lowest BCUT2D eigenvalue weighted by atomic mass is 10.1. The molecule has 116 valence electrons. The van der Waals surface area contributed by atoms with Crippen LogP contribution in [0, 0.1) is 5.92 Å². The van der Waals surface area contributed by atoms with Gasteiger partial charge in [-0.15, -0.1) is 0 Å². The highest BCUT2D eigenvalue weighted by Crippen LogP contribution is 2.26. The lowest BCUT2D eigenvalue weighted by Gasteiger charge is -2.33. The van der Waals surface area contributed by atoms with Gasteiger partial charge in [-0.05, 0) is 13.0 Å². The van der Waals surface area contributed by atoms with Crippen LogP contribution in [0.4, 0.5) is 5.82 Å². The number of nitrogens with zero attached hydrogens (tertiary/aromatic N) is 4. The first-order valence-corrected chi connectivity index (χ1v) is 7.65. The topological polar surface area (TPSA) is 50.7 Å². The molecular weight excluding hydrogens is 268 g/mol. The van der Waals surface area contributed by atoms with E-state index in [4.69, 9.17) is 9.47 Å². The zero-order valence-corrected chi connectivity index (χ0v) is 13.0. The minimum Gasteiger partial charge on any atom is -0.476 e. The zero-order chi connectivity index (χ0) is 14.8. The van der Waals surface area contributed by atoms with E-state index in [9.17, 15) is 0 Å². The number of ether oxygens (including phenoxy) is 2. The molecule has 6 nitrogen and oxygen atoms in total. The van der Waals surface area contributed by atoms with Crippen molar-refractivity contribution < 1.29 is 9.47 Å². The maximum atomic E-state index is 5.87. The average molecular weight is 292 g/mol. The highest BCUT2D eigenvalue weighted by atomic mass is 16.5. The van der Waals surface area contributed by atoms with E-state index < -0.39 is 0 Å². The molecule has 0 aromatic carbocycles. The van der Waals surface area contributed by atoms with Crippen LogP contribution in [0.2, 0.25) is 0 Å². The molecule has 1 aromatic heterocycles. The second-order valence-electron chi connectivity index (χ2n) is 6.28. The number of aromatic nitrogens is 2. The van der Waals surface area contributed by atoms with E-state index in [1.807, 2.05) is 0 Å². The largest absolute Gasteiger partial charge is 0.476 e. The monoisotopic (exact) mass is 292 g/mol. The third-order valence-corrected chi connectivity index (χ3v) is 4.07. The van der Waals surface area contributed by atoms with Crippen LogP contribution in [0.5, 0.6) is 5.88 Å². The van der Waals surface area contributed by atoms with Crippen LogP contribution in [0.15, 0.2) is 12.4 Å². The fourth-order valence-electron chi connectivity index (χ4n) is 2.86. The van der Waals surface area contributed by atoms with E-state index in [1.165, 1.54) is 0 Å². The molecule has 1 aromatic rings. The summed E-state index contributed by atoms with van der Waals surface area (Å²) < 4.78 is 11.5. The Kier molecular flexibility index (Phi) is 4.26. The Morgan fingerprint density at radius 2 is 2.24 bits per heavy atom. The van der Waals surface area contributed by atoms with Crippen molar-refractivity contribution in [2.24, 2.45) is 5.92 Å². The van der Waals surface area contributed by atoms with Crippen LogP contribution >= 0.6 is 0 Å². The highest BCUT2D eigenvalue weighted by molar-refractivity contribution is 5.40. The molecule has 3 rings (SSSR count). The van der Waals surface area contributed by atoms with E-state index in [-0.39, 0.29) is 6.10 Å². The van der Waals surface area contributed by atoms with Crippen molar-refractivity contribution in [3.63, 3.8) is 0 Å². The van der Waals surface area contributed by atoms with Gasteiger partial charge in [0.1, 0.15) is 0 Å². The Morgan fingerprint density at radius 1 is 1.38 bits per heavy atom. The molecule has 2 aliphatic rings. The molecule has 0 spiro atoms. The minimum atomic E-state index is 0.269. The molecule has 2 fully saturated rings. The van der Waals surface area contributed by atoms with Crippen molar-refractivity contribution in [3.05, 3.63) is 12.4 Å². The van der Waals surface area contributed by atoms with Gasteiger partial charge in [-0.25, -0.2) is 0 Å². The van der Waals surface area contributed by atoms with Gasteiger partial charge in [-0.1, -0.05) is 13.8 Å². The van der Waals surface area contributed by atoms with Crippen LogP contribution in [0.25, 0.3) is 0 Å². The summed E-state index contributed by atoms with van der Waals surface area (Å²) in [6.07, 6.45) is 3.75. The van der Waals surface area contributed by atoms with E-state index in [1.54, 1.807) is 12.4 Å². The van der Waals surface area contributed by atoms with Crippen LogP contribution in [0.3, 0.4) is 0 Å². The Hall–Kier alpha value is -1.40. The van der Waals surface area contributed by atoms with Crippen molar-refractivity contribution in [1.82, 2.24) is 14.9 Å². The molecule has 2 aliphatic heterocycles. The summed E-state index contributed by atoms with van der Waals surface area (Å²) in [5.74, 6) is 1.96. The summed E-state index contributed by atoms with van der Waals surface area (Å²) in [7, 11) is 2.16. The van der Waals surface area contributed by atoms with Crippen molar-refractivity contribution in [1.29, 1.82) is 0 Å². The fourth-order valence-corrected chi connectivity index (χ4v) is 2.86. The predicted molar refractivity (Wildman–Crippen MR) is 80.7 cm³/mol. The van der Waals surface area contributed by atoms with Gasteiger partial charge in [0.25, 0.3) is 0 Å². The van der Waals surface area contributed by atoms with Gasteiger partial charge < -0.3 is 14.4 Å². The molecule has 2 saturated heterocycles. The SMILES string of the molecule is CC(C)COc1cncc(N2CC3OCCN(C)C3C2)n1. The summed E-state index contributed by atoms with van der Waals surface area (Å²) in [6.45, 7) is 8.52. The predicted octanol–water partition coefficient (Wildman–Crippen LogP) is 1.03. The maximum Gasteiger partial charge on any atom is 0.234 e. The molecule has 0 aliphatic carbocycles. The van der Waals surface area contributed by atoms with Gasteiger partial charge in [-0.2, -0.15) is 4.98 Å². The number of hydrogen-bond donors (Lipinski definition) is 0. The standard InChI is InChI=1S/C15H24N4O2/c1-11(2)10-21-15-7-16-6-14(17-15)19-8-12-13(9-19)20-5-4-18(12)3/h6-7,11-13H,4-5,8-10H2,1-3H3. The van der Waals surface area contributed by atoms with Gasteiger partial charge in [0.2, 0.25) is 5.88 Å². The Labute approximate surface area is 126 Å². The van der Waals surface area contributed by atoms with E-state index in [0.717, 1.165) is 32.1 Å². The number of likely N-dealkylation sites (N-methyl/N-ethyl adjacent to an activating group) is 1.